The van der Waals surface area contributed by atoms with Crippen molar-refractivity contribution in [1.82, 2.24) is 4.98 Å². The molecule has 0 saturated carbocycles. The van der Waals surface area contributed by atoms with Crippen LogP contribution in [0.3, 0.4) is 0 Å². The zero-order valence-corrected chi connectivity index (χ0v) is 9.51. The molecule has 0 atom stereocenters. The summed E-state index contributed by atoms with van der Waals surface area (Å²) in [6.07, 6.45) is 1.58. The Hall–Kier alpha value is -2.56. The minimum Gasteiger partial charge on any atom is -0.289 e. The molecule has 3 rings (SSSR count). The summed E-state index contributed by atoms with van der Waals surface area (Å²) in [5.41, 5.74) is 2.58. The third-order valence-corrected chi connectivity index (χ3v) is 3.08. The summed E-state index contributed by atoms with van der Waals surface area (Å²) in [5.74, 6) is -0.119. The summed E-state index contributed by atoms with van der Waals surface area (Å²) < 4.78 is 0. The highest BCUT2D eigenvalue weighted by atomic mass is 16.6. The van der Waals surface area contributed by atoms with Gasteiger partial charge in [0.05, 0.1) is 10.6 Å². The SMILES string of the molecule is Cc1cc2c(cc1[N+](=O)[O-])-c1ncccc1C2=O. The topological polar surface area (TPSA) is 73.1 Å². The molecule has 5 nitrogen and oxygen atoms in total. The molecule has 0 amide bonds. The van der Waals surface area contributed by atoms with Crippen LogP contribution in [0.5, 0.6) is 0 Å². The zero-order chi connectivity index (χ0) is 12.9. The number of hydrogen-bond donors (Lipinski definition) is 0. The lowest BCUT2D eigenvalue weighted by molar-refractivity contribution is -0.385. The molecule has 0 bridgehead atoms. The van der Waals surface area contributed by atoms with Crippen molar-refractivity contribution in [1.29, 1.82) is 0 Å². The number of aryl methyl sites for hydroxylation is 1. The fourth-order valence-corrected chi connectivity index (χ4v) is 2.23. The number of ketones is 1. The van der Waals surface area contributed by atoms with E-state index in [0.29, 0.717) is 27.9 Å². The van der Waals surface area contributed by atoms with Crippen LogP contribution in [0.1, 0.15) is 21.5 Å². The Balaban J connectivity index is 2.34. The van der Waals surface area contributed by atoms with Crippen LogP contribution in [0.2, 0.25) is 0 Å². The summed E-state index contributed by atoms with van der Waals surface area (Å²) in [7, 11) is 0. The third kappa shape index (κ3) is 1.27. The molecule has 1 aromatic carbocycles. The molecule has 0 saturated heterocycles. The summed E-state index contributed by atoms with van der Waals surface area (Å²) in [6, 6.07) is 6.37. The number of carbonyl (C=O) groups excluding carboxylic acids is 1. The Morgan fingerprint density at radius 3 is 2.72 bits per heavy atom. The molecule has 0 unspecified atom stereocenters. The quantitative estimate of drug-likeness (QED) is 0.484. The number of carbonyl (C=O) groups is 1. The van der Waals surface area contributed by atoms with Crippen molar-refractivity contribution in [3.8, 4) is 11.3 Å². The van der Waals surface area contributed by atoms with E-state index in [-0.39, 0.29) is 11.5 Å². The normalized spacial score (nSPS) is 12.2. The first-order chi connectivity index (χ1) is 8.59. The fourth-order valence-electron chi connectivity index (χ4n) is 2.23. The molecule has 1 heterocycles. The number of hydrogen-bond acceptors (Lipinski definition) is 4. The zero-order valence-electron chi connectivity index (χ0n) is 9.51. The van der Waals surface area contributed by atoms with Crippen LogP contribution in [-0.4, -0.2) is 15.7 Å². The van der Waals surface area contributed by atoms with Gasteiger partial charge in [-0.25, -0.2) is 0 Å². The van der Waals surface area contributed by atoms with Gasteiger partial charge in [-0.1, -0.05) is 0 Å². The van der Waals surface area contributed by atoms with Crippen LogP contribution >= 0.6 is 0 Å². The smallest absolute Gasteiger partial charge is 0.273 e. The number of nitro groups is 1. The van der Waals surface area contributed by atoms with Gasteiger partial charge in [0.1, 0.15) is 0 Å². The van der Waals surface area contributed by atoms with Gasteiger partial charge in [-0.3, -0.25) is 19.9 Å². The molecule has 0 radical (unpaired) electrons. The maximum Gasteiger partial charge on any atom is 0.273 e. The lowest BCUT2D eigenvalue weighted by Crippen LogP contribution is -1.97. The number of pyridine rings is 1. The monoisotopic (exact) mass is 240 g/mol. The lowest BCUT2D eigenvalue weighted by Gasteiger charge is -2.01. The van der Waals surface area contributed by atoms with E-state index in [2.05, 4.69) is 4.98 Å². The summed E-state index contributed by atoms with van der Waals surface area (Å²) in [4.78, 5) is 26.7. The van der Waals surface area contributed by atoms with Crippen molar-refractivity contribution in [3.63, 3.8) is 0 Å². The fraction of sp³-hybridized carbons (Fsp3) is 0.0769. The van der Waals surface area contributed by atoms with E-state index in [1.54, 1.807) is 31.3 Å². The van der Waals surface area contributed by atoms with Gasteiger partial charge < -0.3 is 0 Å². The highest BCUT2D eigenvalue weighted by Crippen LogP contribution is 2.38. The Morgan fingerprint density at radius 2 is 2.00 bits per heavy atom. The minimum atomic E-state index is -0.443. The van der Waals surface area contributed by atoms with Crippen LogP contribution in [0.25, 0.3) is 11.3 Å². The number of aromatic nitrogens is 1. The van der Waals surface area contributed by atoms with Gasteiger partial charge in [-0.05, 0) is 25.1 Å². The number of nitro benzene ring substituents is 1. The van der Waals surface area contributed by atoms with Crippen LogP contribution in [-0.2, 0) is 0 Å². The predicted molar refractivity (Wildman–Crippen MR) is 64.5 cm³/mol. The van der Waals surface area contributed by atoms with Crippen molar-refractivity contribution in [2.45, 2.75) is 6.92 Å². The van der Waals surface area contributed by atoms with Crippen molar-refractivity contribution >= 4 is 11.5 Å². The van der Waals surface area contributed by atoms with Gasteiger partial charge in [0.25, 0.3) is 5.69 Å². The second kappa shape index (κ2) is 3.46. The summed E-state index contributed by atoms with van der Waals surface area (Å²) in [6.45, 7) is 1.63. The maximum atomic E-state index is 12.1. The molecule has 0 fully saturated rings. The van der Waals surface area contributed by atoms with E-state index < -0.39 is 4.92 Å². The molecular formula is C13H8N2O3. The highest BCUT2D eigenvalue weighted by molar-refractivity contribution is 6.21. The number of rotatable bonds is 1. The van der Waals surface area contributed by atoms with Gasteiger partial charge >= 0.3 is 0 Å². The van der Waals surface area contributed by atoms with E-state index in [1.807, 2.05) is 0 Å². The van der Waals surface area contributed by atoms with E-state index in [1.165, 1.54) is 6.07 Å². The summed E-state index contributed by atoms with van der Waals surface area (Å²) >= 11 is 0. The van der Waals surface area contributed by atoms with Crippen LogP contribution < -0.4 is 0 Å². The van der Waals surface area contributed by atoms with Gasteiger partial charge in [0, 0.05) is 34.5 Å². The molecule has 0 N–H and O–H groups in total. The number of benzene rings is 1. The van der Waals surface area contributed by atoms with Crippen LogP contribution in [0.4, 0.5) is 5.69 Å². The number of fused-ring (bicyclic) bond motifs is 3. The van der Waals surface area contributed by atoms with Crippen molar-refractivity contribution in [3.05, 3.63) is 57.3 Å². The van der Waals surface area contributed by atoms with Crippen LogP contribution in [0, 0.1) is 17.0 Å². The van der Waals surface area contributed by atoms with E-state index in [0.717, 1.165) is 0 Å². The first-order valence-electron chi connectivity index (χ1n) is 5.38. The van der Waals surface area contributed by atoms with E-state index >= 15 is 0 Å². The Bertz CT molecular complexity index is 707. The van der Waals surface area contributed by atoms with E-state index in [9.17, 15) is 14.9 Å². The van der Waals surface area contributed by atoms with Crippen molar-refractivity contribution in [2.75, 3.05) is 0 Å². The van der Waals surface area contributed by atoms with E-state index in [4.69, 9.17) is 0 Å². The van der Waals surface area contributed by atoms with Crippen molar-refractivity contribution in [2.24, 2.45) is 0 Å². The molecule has 0 aliphatic heterocycles. The molecule has 88 valence electrons. The van der Waals surface area contributed by atoms with Gasteiger partial charge in [-0.15, -0.1) is 0 Å². The molecule has 18 heavy (non-hydrogen) atoms. The lowest BCUT2D eigenvalue weighted by atomic mass is 10.0. The Kier molecular flexibility index (Phi) is 2.04. The van der Waals surface area contributed by atoms with Crippen LogP contribution in [0.15, 0.2) is 30.5 Å². The number of nitrogens with zero attached hydrogens (tertiary/aromatic N) is 2. The molecule has 0 spiro atoms. The van der Waals surface area contributed by atoms with Crippen molar-refractivity contribution < 1.29 is 9.72 Å². The van der Waals surface area contributed by atoms with Gasteiger partial charge in [0.2, 0.25) is 0 Å². The minimum absolute atomic E-state index is 0.0139. The van der Waals surface area contributed by atoms with Gasteiger partial charge in [-0.2, -0.15) is 0 Å². The first-order valence-corrected chi connectivity index (χ1v) is 5.38. The molecule has 1 aromatic heterocycles. The average Bonchev–Trinajstić information content (AvgIpc) is 2.62. The second-order valence-corrected chi connectivity index (χ2v) is 4.17. The summed E-state index contributed by atoms with van der Waals surface area (Å²) in [5, 5.41) is 10.9. The average molecular weight is 240 g/mol. The molecular weight excluding hydrogens is 232 g/mol. The first kappa shape index (κ1) is 10.6. The Morgan fingerprint density at radius 1 is 1.22 bits per heavy atom. The third-order valence-electron chi connectivity index (χ3n) is 3.08. The Labute approximate surface area is 102 Å². The molecule has 1 aliphatic rings. The van der Waals surface area contributed by atoms with Gasteiger partial charge in [0.15, 0.2) is 5.78 Å². The maximum absolute atomic E-state index is 12.1. The second-order valence-electron chi connectivity index (χ2n) is 4.17. The molecule has 2 aromatic rings. The predicted octanol–water partition coefficient (Wildman–Crippen LogP) is 2.51. The largest absolute Gasteiger partial charge is 0.289 e. The molecule has 1 aliphatic carbocycles. The highest BCUT2D eigenvalue weighted by Gasteiger charge is 2.30. The standard InChI is InChI=1S/C13H8N2O3/c1-7-5-10-9(6-11(7)15(17)18)12-8(13(10)16)3-2-4-14-12/h2-6H,1H3. The molecule has 5 heteroatoms.